The highest BCUT2D eigenvalue weighted by molar-refractivity contribution is 7.11. The maximum absolute atomic E-state index is 12.0. The third kappa shape index (κ3) is 4.20. The molecule has 2 rings (SSSR count). The van der Waals surface area contributed by atoms with Gasteiger partial charge >= 0.3 is 5.97 Å². The van der Waals surface area contributed by atoms with E-state index in [4.69, 9.17) is 27.9 Å². The molecule has 1 aromatic heterocycles. The number of esters is 1. The normalized spacial score (nSPS) is 11.8. The SMILES string of the molecule is CC(OC(=O)c1cccs1)C(=O)Nc1cc(Cl)ccc1Cl. The topological polar surface area (TPSA) is 55.4 Å². The highest BCUT2D eigenvalue weighted by Crippen LogP contribution is 2.25. The van der Waals surface area contributed by atoms with E-state index in [-0.39, 0.29) is 0 Å². The second-order valence-corrected chi connectivity index (χ2v) is 5.93. The van der Waals surface area contributed by atoms with Crippen LogP contribution in [-0.4, -0.2) is 18.0 Å². The number of thiophene rings is 1. The summed E-state index contributed by atoms with van der Waals surface area (Å²) in [6.45, 7) is 1.49. The molecule has 1 N–H and O–H groups in total. The number of carbonyl (C=O) groups is 2. The monoisotopic (exact) mass is 343 g/mol. The first-order chi connectivity index (χ1) is 9.97. The summed E-state index contributed by atoms with van der Waals surface area (Å²) in [5, 5.41) is 5.12. The van der Waals surface area contributed by atoms with Crippen LogP contribution in [0, 0.1) is 0 Å². The number of benzene rings is 1. The van der Waals surface area contributed by atoms with E-state index in [9.17, 15) is 9.59 Å². The van der Waals surface area contributed by atoms with Crippen LogP contribution in [0.1, 0.15) is 16.6 Å². The zero-order chi connectivity index (χ0) is 15.4. The van der Waals surface area contributed by atoms with Crippen molar-refractivity contribution < 1.29 is 14.3 Å². The average molecular weight is 344 g/mol. The van der Waals surface area contributed by atoms with Gasteiger partial charge in [-0.25, -0.2) is 4.79 Å². The zero-order valence-corrected chi connectivity index (χ0v) is 13.3. The van der Waals surface area contributed by atoms with Crippen LogP contribution in [0.2, 0.25) is 10.0 Å². The van der Waals surface area contributed by atoms with Crippen LogP contribution in [0.15, 0.2) is 35.7 Å². The van der Waals surface area contributed by atoms with Gasteiger partial charge in [0.2, 0.25) is 0 Å². The quantitative estimate of drug-likeness (QED) is 0.844. The minimum atomic E-state index is -0.949. The Morgan fingerprint density at radius 2 is 2.05 bits per heavy atom. The lowest BCUT2D eigenvalue weighted by Gasteiger charge is -2.14. The maximum atomic E-state index is 12.0. The van der Waals surface area contributed by atoms with Gasteiger partial charge in [-0.2, -0.15) is 0 Å². The maximum Gasteiger partial charge on any atom is 0.349 e. The number of halogens is 2. The molecule has 110 valence electrons. The molecule has 4 nitrogen and oxygen atoms in total. The minimum absolute atomic E-state index is 0.351. The molecule has 1 heterocycles. The van der Waals surface area contributed by atoms with Gasteiger partial charge in [0.25, 0.3) is 5.91 Å². The van der Waals surface area contributed by atoms with Gasteiger partial charge < -0.3 is 10.1 Å². The Hall–Kier alpha value is -1.56. The van der Waals surface area contributed by atoms with E-state index < -0.39 is 18.0 Å². The second kappa shape index (κ2) is 6.93. The van der Waals surface area contributed by atoms with E-state index >= 15 is 0 Å². The third-order valence-corrected chi connectivity index (χ3v) is 3.98. The molecule has 21 heavy (non-hydrogen) atoms. The number of ether oxygens (including phenoxy) is 1. The first kappa shape index (κ1) is 15.8. The van der Waals surface area contributed by atoms with Crippen molar-refractivity contribution in [2.24, 2.45) is 0 Å². The summed E-state index contributed by atoms with van der Waals surface area (Å²) in [4.78, 5) is 24.2. The van der Waals surface area contributed by atoms with E-state index in [1.54, 1.807) is 29.6 Å². The summed E-state index contributed by atoms with van der Waals surface area (Å²) in [5.74, 6) is -1.02. The predicted molar refractivity (Wildman–Crippen MR) is 84.3 cm³/mol. The lowest BCUT2D eigenvalue weighted by molar-refractivity contribution is -0.123. The summed E-state index contributed by atoms with van der Waals surface area (Å²) in [6.07, 6.45) is -0.949. The lowest BCUT2D eigenvalue weighted by atomic mass is 10.3. The highest BCUT2D eigenvalue weighted by Gasteiger charge is 2.20. The van der Waals surface area contributed by atoms with Crippen LogP contribution in [0.4, 0.5) is 5.69 Å². The number of rotatable bonds is 4. The Labute approximate surface area is 135 Å². The molecule has 0 fully saturated rings. The highest BCUT2D eigenvalue weighted by atomic mass is 35.5. The Balaban J connectivity index is 1.99. The van der Waals surface area contributed by atoms with E-state index in [1.165, 1.54) is 24.3 Å². The molecular formula is C14H11Cl2NO3S. The molecule has 0 saturated carbocycles. The lowest BCUT2D eigenvalue weighted by Crippen LogP contribution is -2.29. The summed E-state index contributed by atoms with van der Waals surface area (Å²) in [7, 11) is 0. The first-order valence-electron chi connectivity index (χ1n) is 5.98. The van der Waals surface area contributed by atoms with Gasteiger partial charge in [0, 0.05) is 5.02 Å². The van der Waals surface area contributed by atoms with Crippen LogP contribution in [0.25, 0.3) is 0 Å². The third-order valence-electron chi connectivity index (χ3n) is 2.56. The molecule has 1 unspecified atom stereocenters. The molecular weight excluding hydrogens is 333 g/mol. The zero-order valence-electron chi connectivity index (χ0n) is 10.9. The van der Waals surface area contributed by atoms with Crippen molar-refractivity contribution in [3.63, 3.8) is 0 Å². The van der Waals surface area contributed by atoms with Crippen LogP contribution in [0.5, 0.6) is 0 Å². The van der Waals surface area contributed by atoms with Crippen LogP contribution in [-0.2, 0) is 9.53 Å². The Morgan fingerprint density at radius 1 is 1.29 bits per heavy atom. The summed E-state index contributed by atoms with van der Waals surface area (Å²) < 4.78 is 5.08. The molecule has 0 aliphatic rings. The fourth-order valence-electron chi connectivity index (χ4n) is 1.49. The summed E-state index contributed by atoms with van der Waals surface area (Å²) >= 11 is 13.0. The van der Waals surface area contributed by atoms with Gasteiger partial charge in [-0.05, 0) is 36.6 Å². The molecule has 0 saturated heterocycles. The number of amides is 1. The summed E-state index contributed by atoms with van der Waals surface area (Å²) in [6, 6.07) is 8.07. The van der Waals surface area contributed by atoms with Gasteiger partial charge in [0.1, 0.15) is 4.88 Å². The fourth-order valence-corrected chi connectivity index (χ4v) is 2.44. The van der Waals surface area contributed by atoms with Crippen LogP contribution < -0.4 is 5.32 Å². The standard InChI is InChI=1S/C14H11Cl2NO3S/c1-8(20-14(19)12-3-2-6-21-12)13(18)17-11-7-9(15)4-5-10(11)16/h2-8H,1H3,(H,17,18). The van der Waals surface area contributed by atoms with Crippen molar-refractivity contribution >= 4 is 52.1 Å². The number of anilines is 1. The van der Waals surface area contributed by atoms with Crippen molar-refractivity contribution in [3.05, 3.63) is 50.6 Å². The number of nitrogens with one attached hydrogen (secondary N) is 1. The second-order valence-electron chi connectivity index (χ2n) is 4.14. The predicted octanol–water partition coefficient (Wildman–Crippen LogP) is 4.24. The van der Waals surface area contributed by atoms with E-state index in [2.05, 4.69) is 5.32 Å². The molecule has 7 heteroatoms. The molecule has 1 aromatic carbocycles. The van der Waals surface area contributed by atoms with Gasteiger partial charge in [-0.1, -0.05) is 29.3 Å². The number of carbonyl (C=O) groups excluding carboxylic acids is 2. The molecule has 0 radical (unpaired) electrons. The fraction of sp³-hybridized carbons (Fsp3) is 0.143. The average Bonchev–Trinajstić information content (AvgIpc) is 2.97. The van der Waals surface area contributed by atoms with E-state index in [0.717, 1.165) is 0 Å². The van der Waals surface area contributed by atoms with E-state index in [1.807, 2.05) is 0 Å². The van der Waals surface area contributed by atoms with Crippen molar-refractivity contribution in [1.29, 1.82) is 0 Å². The number of hydrogen-bond acceptors (Lipinski definition) is 4. The Morgan fingerprint density at radius 3 is 2.71 bits per heavy atom. The molecule has 0 bridgehead atoms. The van der Waals surface area contributed by atoms with E-state index in [0.29, 0.717) is 20.6 Å². The Bertz CT molecular complexity index is 658. The first-order valence-corrected chi connectivity index (χ1v) is 7.61. The molecule has 1 amide bonds. The van der Waals surface area contributed by atoms with Gasteiger partial charge in [-0.3, -0.25) is 4.79 Å². The van der Waals surface area contributed by atoms with Gasteiger partial charge in [-0.15, -0.1) is 11.3 Å². The van der Waals surface area contributed by atoms with Crippen LogP contribution in [0.3, 0.4) is 0 Å². The number of hydrogen-bond donors (Lipinski definition) is 1. The van der Waals surface area contributed by atoms with Crippen molar-refractivity contribution in [3.8, 4) is 0 Å². The van der Waals surface area contributed by atoms with Gasteiger partial charge in [0.05, 0.1) is 10.7 Å². The molecule has 1 atom stereocenters. The van der Waals surface area contributed by atoms with Gasteiger partial charge in [0.15, 0.2) is 6.10 Å². The summed E-state index contributed by atoms with van der Waals surface area (Å²) in [5.41, 5.74) is 0.369. The molecule has 0 aliphatic carbocycles. The Kier molecular flexibility index (Phi) is 5.22. The van der Waals surface area contributed by atoms with Crippen molar-refractivity contribution in [1.82, 2.24) is 0 Å². The minimum Gasteiger partial charge on any atom is -0.448 e. The largest absolute Gasteiger partial charge is 0.448 e. The molecule has 0 spiro atoms. The van der Waals surface area contributed by atoms with Crippen molar-refractivity contribution in [2.45, 2.75) is 13.0 Å². The smallest absolute Gasteiger partial charge is 0.349 e. The van der Waals surface area contributed by atoms with Crippen molar-refractivity contribution in [2.75, 3.05) is 5.32 Å². The molecule has 0 aliphatic heterocycles. The molecule has 2 aromatic rings. The van der Waals surface area contributed by atoms with Crippen LogP contribution >= 0.6 is 34.5 Å².